The molecule has 1 saturated carbocycles. The van der Waals surface area contributed by atoms with E-state index < -0.39 is 0 Å². The second-order valence-electron chi connectivity index (χ2n) is 2.91. The summed E-state index contributed by atoms with van der Waals surface area (Å²) < 4.78 is 0. The maximum atomic E-state index is 3.81. The van der Waals surface area contributed by atoms with E-state index in [1.165, 1.54) is 25.7 Å². The molecule has 0 radical (unpaired) electrons. The van der Waals surface area contributed by atoms with E-state index in [9.17, 15) is 0 Å². The van der Waals surface area contributed by atoms with Gasteiger partial charge in [0.1, 0.15) is 0 Å². The van der Waals surface area contributed by atoms with E-state index in [1.54, 1.807) is 0 Å². The van der Waals surface area contributed by atoms with E-state index in [-0.39, 0.29) is 0 Å². The molecule has 0 aliphatic heterocycles. The Labute approximate surface area is 57.1 Å². The van der Waals surface area contributed by atoms with E-state index in [4.69, 9.17) is 0 Å². The Bertz CT molecular complexity index is 101. The molecule has 0 amide bonds. The molecule has 0 spiro atoms. The second kappa shape index (κ2) is 2.90. The van der Waals surface area contributed by atoms with Crippen LogP contribution >= 0.6 is 0 Å². The van der Waals surface area contributed by atoms with Crippen molar-refractivity contribution >= 4 is 0 Å². The molecule has 0 aromatic carbocycles. The van der Waals surface area contributed by atoms with Gasteiger partial charge in [0.2, 0.25) is 0 Å². The molecule has 1 N–H and O–H groups in total. The Hall–Kier alpha value is -0.460. The number of allylic oxidation sites excluding steroid dienone is 1. The highest BCUT2D eigenvalue weighted by molar-refractivity contribution is 4.90. The normalized spacial score (nSPS) is 20.1. The molecule has 0 aromatic rings. The average molecular weight is 125 g/mol. The average Bonchev–Trinajstić information content (AvgIpc) is 2.15. The lowest BCUT2D eigenvalue weighted by atomic mass is 10.2. The predicted molar refractivity (Wildman–Crippen MR) is 40.2 cm³/mol. The minimum absolute atomic E-state index is 0.738. The lowest BCUT2D eigenvalue weighted by molar-refractivity contribution is 0.586. The fourth-order valence-electron chi connectivity index (χ4n) is 1.42. The van der Waals surface area contributed by atoms with Gasteiger partial charge in [0.25, 0.3) is 0 Å². The zero-order chi connectivity index (χ0) is 6.69. The minimum Gasteiger partial charge on any atom is -0.386 e. The van der Waals surface area contributed by atoms with Crippen LogP contribution in [-0.4, -0.2) is 6.04 Å². The van der Waals surface area contributed by atoms with Gasteiger partial charge in [-0.05, 0) is 19.8 Å². The summed E-state index contributed by atoms with van der Waals surface area (Å²) in [6.45, 7) is 5.83. The van der Waals surface area contributed by atoms with Crippen LogP contribution < -0.4 is 5.32 Å². The molecule has 0 atom stereocenters. The maximum Gasteiger partial charge on any atom is 0.0257 e. The van der Waals surface area contributed by atoms with E-state index in [0.717, 1.165) is 11.7 Å². The lowest BCUT2D eigenvalue weighted by Crippen LogP contribution is -2.23. The zero-order valence-electron chi connectivity index (χ0n) is 6.11. The quantitative estimate of drug-likeness (QED) is 0.595. The third kappa shape index (κ3) is 2.08. The van der Waals surface area contributed by atoms with Crippen molar-refractivity contribution in [1.29, 1.82) is 0 Å². The first-order valence-electron chi connectivity index (χ1n) is 3.71. The van der Waals surface area contributed by atoms with Gasteiger partial charge in [-0.2, -0.15) is 0 Å². The van der Waals surface area contributed by atoms with Crippen molar-refractivity contribution in [2.75, 3.05) is 0 Å². The van der Waals surface area contributed by atoms with Gasteiger partial charge in [-0.15, -0.1) is 0 Å². The summed E-state index contributed by atoms with van der Waals surface area (Å²) >= 11 is 0. The van der Waals surface area contributed by atoms with Gasteiger partial charge in [0.15, 0.2) is 0 Å². The number of nitrogens with one attached hydrogen (secondary N) is 1. The SMILES string of the molecule is C=C(C)NC1CCCC1. The van der Waals surface area contributed by atoms with Gasteiger partial charge in [0, 0.05) is 11.7 Å². The molecule has 1 rings (SSSR count). The van der Waals surface area contributed by atoms with Gasteiger partial charge in [-0.3, -0.25) is 0 Å². The molecule has 0 unspecified atom stereocenters. The van der Waals surface area contributed by atoms with Crippen LogP contribution in [0, 0.1) is 0 Å². The first-order chi connectivity index (χ1) is 4.29. The minimum atomic E-state index is 0.738. The van der Waals surface area contributed by atoms with Crippen LogP contribution in [0.25, 0.3) is 0 Å². The maximum absolute atomic E-state index is 3.81. The summed E-state index contributed by atoms with van der Waals surface area (Å²) in [7, 11) is 0. The van der Waals surface area contributed by atoms with Crippen LogP contribution in [0.1, 0.15) is 32.6 Å². The highest BCUT2D eigenvalue weighted by Crippen LogP contribution is 2.18. The fourth-order valence-corrected chi connectivity index (χ4v) is 1.42. The van der Waals surface area contributed by atoms with Crippen LogP contribution in [-0.2, 0) is 0 Å². The molecule has 0 bridgehead atoms. The van der Waals surface area contributed by atoms with Gasteiger partial charge in [0.05, 0.1) is 0 Å². The van der Waals surface area contributed by atoms with E-state index >= 15 is 0 Å². The number of rotatable bonds is 2. The Balaban J connectivity index is 2.19. The molecule has 9 heavy (non-hydrogen) atoms. The number of hydrogen-bond acceptors (Lipinski definition) is 1. The monoisotopic (exact) mass is 125 g/mol. The van der Waals surface area contributed by atoms with E-state index in [0.29, 0.717) is 0 Å². The van der Waals surface area contributed by atoms with Crippen LogP contribution in [0.4, 0.5) is 0 Å². The molecule has 52 valence electrons. The highest BCUT2D eigenvalue weighted by atomic mass is 14.9. The van der Waals surface area contributed by atoms with E-state index in [1.807, 2.05) is 6.92 Å². The largest absolute Gasteiger partial charge is 0.386 e. The van der Waals surface area contributed by atoms with Crippen molar-refractivity contribution in [3.8, 4) is 0 Å². The molecular weight excluding hydrogens is 110 g/mol. The smallest absolute Gasteiger partial charge is 0.0257 e. The Morgan fingerprint density at radius 2 is 2.00 bits per heavy atom. The van der Waals surface area contributed by atoms with Gasteiger partial charge in [-0.1, -0.05) is 19.4 Å². The number of hydrogen-bond donors (Lipinski definition) is 1. The standard InChI is InChI=1S/C8H15N/c1-7(2)9-8-5-3-4-6-8/h8-9H,1,3-6H2,2H3. The van der Waals surface area contributed by atoms with Gasteiger partial charge in [-0.25, -0.2) is 0 Å². The molecule has 1 nitrogen and oxygen atoms in total. The van der Waals surface area contributed by atoms with E-state index in [2.05, 4.69) is 11.9 Å². The molecule has 1 aliphatic rings. The van der Waals surface area contributed by atoms with Crippen molar-refractivity contribution in [2.24, 2.45) is 0 Å². The third-order valence-electron chi connectivity index (χ3n) is 1.81. The molecule has 1 aliphatic carbocycles. The van der Waals surface area contributed by atoms with Crippen LogP contribution in [0.5, 0.6) is 0 Å². The van der Waals surface area contributed by atoms with Gasteiger partial charge >= 0.3 is 0 Å². The second-order valence-corrected chi connectivity index (χ2v) is 2.91. The van der Waals surface area contributed by atoms with Crippen molar-refractivity contribution in [2.45, 2.75) is 38.6 Å². The first-order valence-corrected chi connectivity index (χ1v) is 3.71. The molecule has 1 heteroatoms. The molecule has 1 fully saturated rings. The predicted octanol–water partition coefficient (Wildman–Crippen LogP) is 2.05. The van der Waals surface area contributed by atoms with Crippen molar-refractivity contribution < 1.29 is 0 Å². The fraction of sp³-hybridized carbons (Fsp3) is 0.750. The summed E-state index contributed by atoms with van der Waals surface area (Å²) in [4.78, 5) is 0. The summed E-state index contributed by atoms with van der Waals surface area (Å²) in [6, 6.07) is 0.738. The van der Waals surface area contributed by atoms with Crippen LogP contribution in [0.3, 0.4) is 0 Å². The van der Waals surface area contributed by atoms with Crippen molar-refractivity contribution in [3.63, 3.8) is 0 Å². The lowest BCUT2D eigenvalue weighted by Gasteiger charge is -2.11. The summed E-state index contributed by atoms with van der Waals surface area (Å²) in [5.74, 6) is 0. The van der Waals surface area contributed by atoms with Crippen molar-refractivity contribution in [1.82, 2.24) is 5.32 Å². The van der Waals surface area contributed by atoms with Gasteiger partial charge < -0.3 is 5.32 Å². The zero-order valence-corrected chi connectivity index (χ0v) is 6.11. The van der Waals surface area contributed by atoms with Crippen molar-refractivity contribution in [3.05, 3.63) is 12.3 Å². The summed E-state index contributed by atoms with van der Waals surface area (Å²) in [6.07, 6.45) is 5.47. The molecule has 0 saturated heterocycles. The topological polar surface area (TPSA) is 12.0 Å². The third-order valence-corrected chi connectivity index (χ3v) is 1.81. The Morgan fingerprint density at radius 1 is 1.44 bits per heavy atom. The first kappa shape index (κ1) is 6.66. The summed E-state index contributed by atoms with van der Waals surface area (Å²) in [5.41, 5.74) is 1.11. The molecular formula is C8H15N. The molecule has 0 heterocycles. The Kier molecular flexibility index (Phi) is 2.15. The summed E-state index contributed by atoms with van der Waals surface area (Å²) in [5, 5.41) is 3.35. The molecule has 0 aromatic heterocycles. The highest BCUT2D eigenvalue weighted by Gasteiger charge is 2.12. The Morgan fingerprint density at radius 3 is 2.44 bits per heavy atom. The van der Waals surface area contributed by atoms with Crippen LogP contribution in [0.2, 0.25) is 0 Å². The van der Waals surface area contributed by atoms with Crippen LogP contribution in [0.15, 0.2) is 12.3 Å².